The van der Waals surface area contributed by atoms with Gasteiger partial charge in [-0.1, -0.05) is 5.16 Å². The summed E-state index contributed by atoms with van der Waals surface area (Å²) in [6, 6.07) is 12.1. The van der Waals surface area contributed by atoms with Crippen molar-refractivity contribution >= 4 is 11.6 Å². The summed E-state index contributed by atoms with van der Waals surface area (Å²) in [7, 11) is 0. The van der Waals surface area contributed by atoms with E-state index in [0.29, 0.717) is 36.1 Å². The average molecular weight is 381 g/mol. The van der Waals surface area contributed by atoms with Crippen LogP contribution >= 0.6 is 0 Å². The second kappa shape index (κ2) is 7.42. The first kappa shape index (κ1) is 18.2. The van der Waals surface area contributed by atoms with E-state index in [1.54, 1.807) is 24.0 Å². The van der Waals surface area contributed by atoms with E-state index in [1.165, 1.54) is 6.07 Å². The number of carbonyl (C=O) groups excluding carboxylic acids is 1. The van der Waals surface area contributed by atoms with Crippen molar-refractivity contribution in [3.05, 3.63) is 59.7 Å². The van der Waals surface area contributed by atoms with Gasteiger partial charge in [0.2, 0.25) is 17.6 Å². The fourth-order valence-electron chi connectivity index (χ4n) is 3.30. The van der Waals surface area contributed by atoms with E-state index in [-0.39, 0.29) is 24.1 Å². The van der Waals surface area contributed by atoms with Crippen molar-refractivity contribution in [2.75, 3.05) is 18.1 Å². The molecule has 1 aliphatic rings. The van der Waals surface area contributed by atoms with Crippen LogP contribution in [0, 0.1) is 12.7 Å². The molecule has 1 aliphatic heterocycles. The highest BCUT2D eigenvalue weighted by molar-refractivity contribution is 5.96. The maximum absolute atomic E-state index is 13.5. The fraction of sp³-hybridized carbons (Fsp3) is 0.286. The number of amides is 1. The number of carbonyl (C=O) groups is 1. The van der Waals surface area contributed by atoms with Crippen molar-refractivity contribution in [2.24, 2.45) is 0 Å². The quantitative estimate of drug-likeness (QED) is 0.665. The fourth-order valence-corrected chi connectivity index (χ4v) is 3.30. The highest BCUT2D eigenvalue weighted by Crippen LogP contribution is 2.32. The smallest absolute Gasteiger partial charge is 0.232 e. The molecular weight excluding hydrogens is 361 g/mol. The summed E-state index contributed by atoms with van der Waals surface area (Å²) in [5, 5.41) is 4.05. The third-order valence-corrected chi connectivity index (χ3v) is 4.79. The lowest BCUT2D eigenvalue weighted by atomic mass is 10.1. The number of hydrogen-bond donors (Lipinski definition) is 0. The molecule has 1 saturated heterocycles. The molecule has 1 fully saturated rings. The molecule has 1 atom stereocenters. The molecule has 2 aromatic carbocycles. The normalized spacial score (nSPS) is 16.6. The van der Waals surface area contributed by atoms with Gasteiger partial charge >= 0.3 is 0 Å². The number of benzene rings is 2. The molecule has 1 aromatic heterocycles. The molecule has 4 rings (SSSR count). The van der Waals surface area contributed by atoms with Crippen molar-refractivity contribution in [3.8, 4) is 17.1 Å². The molecular formula is C21H20FN3O3. The topological polar surface area (TPSA) is 68.5 Å². The first-order valence-electron chi connectivity index (χ1n) is 9.18. The molecule has 28 heavy (non-hydrogen) atoms. The summed E-state index contributed by atoms with van der Waals surface area (Å²) in [6.45, 7) is 4.64. The lowest BCUT2D eigenvalue weighted by Crippen LogP contribution is -2.24. The monoisotopic (exact) mass is 381 g/mol. The minimum atomic E-state index is -0.288. The molecule has 0 saturated carbocycles. The van der Waals surface area contributed by atoms with Gasteiger partial charge in [-0.25, -0.2) is 4.39 Å². The molecule has 2 heterocycles. The second-order valence-electron chi connectivity index (χ2n) is 6.75. The molecule has 3 aromatic rings. The number of aromatic nitrogens is 2. The predicted molar refractivity (Wildman–Crippen MR) is 102 cm³/mol. The van der Waals surface area contributed by atoms with Crippen LogP contribution in [-0.2, 0) is 4.79 Å². The van der Waals surface area contributed by atoms with Gasteiger partial charge in [0, 0.05) is 24.2 Å². The van der Waals surface area contributed by atoms with Gasteiger partial charge in [-0.2, -0.15) is 4.98 Å². The van der Waals surface area contributed by atoms with Crippen LogP contribution in [0.25, 0.3) is 11.4 Å². The minimum absolute atomic E-state index is 0.0446. The maximum Gasteiger partial charge on any atom is 0.232 e. The van der Waals surface area contributed by atoms with Gasteiger partial charge in [0.25, 0.3) is 0 Å². The molecule has 1 amide bonds. The van der Waals surface area contributed by atoms with E-state index in [0.717, 1.165) is 11.3 Å². The van der Waals surface area contributed by atoms with Gasteiger partial charge in [-0.3, -0.25) is 4.79 Å². The first-order valence-corrected chi connectivity index (χ1v) is 9.18. The van der Waals surface area contributed by atoms with Gasteiger partial charge in [-0.05, 0) is 61.9 Å². The van der Waals surface area contributed by atoms with Gasteiger partial charge in [0.1, 0.15) is 11.6 Å². The van der Waals surface area contributed by atoms with E-state index in [2.05, 4.69) is 10.1 Å². The van der Waals surface area contributed by atoms with Crippen molar-refractivity contribution in [1.82, 2.24) is 10.1 Å². The number of hydrogen-bond acceptors (Lipinski definition) is 5. The number of aryl methyl sites for hydroxylation is 1. The Morgan fingerprint density at radius 1 is 1.25 bits per heavy atom. The van der Waals surface area contributed by atoms with Crippen LogP contribution in [0.4, 0.5) is 10.1 Å². The third kappa shape index (κ3) is 3.47. The average Bonchev–Trinajstić information content (AvgIpc) is 3.32. The summed E-state index contributed by atoms with van der Waals surface area (Å²) in [6.07, 6.45) is 0.279. The highest BCUT2D eigenvalue weighted by atomic mass is 19.1. The first-order chi connectivity index (χ1) is 13.5. The summed E-state index contributed by atoms with van der Waals surface area (Å²) < 4.78 is 24.4. The number of anilines is 1. The van der Waals surface area contributed by atoms with Crippen LogP contribution in [-0.4, -0.2) is 29.2 Å². The van der Waals surface area contributed by atoms with Gasteiger partial charge < -0.3 is 14.2 Å². The van der Waals surface area contributed by atoms with Crippen LogP contribution in [0.5, 0.6) is 5.75 Å². The van der Waals surface area contributed by atoms with Crippen molar-refractivity contribution in [3.63, 3.8) is 0 Å². The van der Waals surface area contributed by atoms with Crippen LogP contribution in [0.3, 0.4) is 0 Å². The van der Waals surface area contributed by atoms with Crippen LogP contribution in [0.15, 0.2) is 47.0 Å². The Kier molecular flexibility index (Phi) is 4.81. The zero-order valence-electron chi connectivity index (χ0n) is 15.7. The minimum Gasteiger partial charge on any atom is -0.494 e. The Balaban J connectivity index is 1.51. The lowest BCUT2D eigenvalue weighted by molar-refractivity contribution is -0.117. The molecule has 144 valence electrons. The zero-order chi connectivity index (χ0) is 19.7. The Hall–Kier alpha value is -3.22. The number of ether oxygens (including phenoxy) is 1. The summed E-state index contributed by atoms with van der Waals surface area (Å²) in [4.78, 5) is 18.6. The van der Waals surface area contributed by atoms with E-state index in [9.17, 15) is 9.18 Å². The molecule has 0 bridgehead atoms. The standard InChI is InChI=1S/C21H20FN3O3/c1-3-27-17-7-4-14(5-8-17)20-23-21(28-24-20)15-11-19(26)25(12-15)16-6-9-18(22)13(2)10-16/h4-10,15H,3,11-12H2,1-2H3. The highest BCUT2D eigenvalue weighted by Gasteiger charge is 2.35. The van der Waals surface area contributed by atoms with Gasteiger partial charge in [0.15, 0.2) is 0 Å². The van der Waals surface area contributed by atoms with Crippen LogP contribution < -0.4 is 9.64 Å². The molecule has 0 radical (unpaired) electrons. The second-order valence-corrected chi connectivity index (χ2v) is 6.75. The summed E-state index contributed by atoms with van der Waals surface area (Å²) >= 11 is 0. The molecule has 7 heteroatoms. The van der Waals surface area contributed by atoms with E-state index >= 15 is 0 Å². The number of halogens is 1. The van der Waals surface area contributed by atoms with Gasteiger partial charge in [-0.15, -0.1) is 0 Å². The maximum atomic E-state index is 13.5. The molecule has 0 N–H and O–H groups in total. The summed E-state index contributed by atoms with van der Waals surface area (Å²) in [5.74, 6) is 1.16. The number of rotatable bonds is 5. The van der Waals surface area contributed by atoms with Crippen LogP contribution in [0.2, 0.25) is 0 Å². The van der Waals surface area contributed by atoms with Crippen LogP contribution in [0.1, 0.15) is 30.7 Å². The molecule has 0 spiro atoms. The van der Waals surface area contributed by atoms with E-state index in [1.807, 2.05) is 31.2 Å². The van der Waals surface area contributed by atoms with Crippen molar-refractivity contribution in [2.45, 2.75) is 26.2 Å². The van der Waals surface area contributed by atoms with E-state index < -0.39 is 0 Å². The largest absolute Gasteiger partial charge is 0.494 e. The van der Waals surface area contributed by atoms with Crippen molar-refractivity contribution in [1.29, 1.82) is 0 Å². The molecule has 1 unspecified atom stereocenters. The van der Waals surface area contributed by atoms with Crippen molar-refractivity contribution < 1.29 is 18.4 Å². The third-order valence-electron chi connectivity index (χ3n) is 4.79. The number of nitrogens with zero attached hydrogens (tertiary/aromatic N) is 3. The predicted octanol–water partition coefficient (Wildman–Crippen LogP) is 4.10. The van der Waals surface area contributed by atoms with Gasteiger partial charge in [0.05, 0.1) is 12.5 Å². The Morgan fingerprint density at radius 3 is 2.75 bits per heavy atom. The van der Waals surface area contributed by atoms with E-state index in [4.69, 9.17) is 9.26 Å². The molecule has 0 aliphatic carbocycles. The molecule has 6 nitrogen and oxygen atoms in total. The lowest BCUT2D eigenvalue weighted by Gasteiger charge is -2.16. The Bertz CT molecular complexity index is 1000. The SMILES string of the molecule is CCOc1ccc(-c2noc(C3CC(=O)N(c4ccc(F)c(C)c4)C3)n2)cc1. The summed E-state index contributed by atoms with van der Waals surface area (Å²) in [5.41, 5.74) is 2.00. The Labute approximate surface area is 161 Å². The Morgan fingerprint density at radius 2 is 2.04 bits per heavy atom. The zero-order valence-corrected chi connectivity index (χ0v) is 15.7.